The first kappa shape index (κ1) is 14.0. The molecule has 0 radical (unpaired) electrons. The van der Waals surface area contributed by atoms with Crippen molar-refractivity contribution >= 4 is 23.1 Å². The number of rotatable bonds is 3. The Balaban J connectivity index is 3.85. The molecule has 15 heavy (non-hydrogen) atoms. The lowest BCUT2D eigenvalue weighted by molar-refractivity contribution is 0.0301. The highest BCUT2D eigenvalue weighted by atomic mass is 35.5. The van der Waals surface area contributed by atoms with Crippen LogP contribution in [0.5, 0.6) is 0 Å². The number of nitrogens with one attached hydrogen (secondary N) is 1. The number of hydrogen-bond acceptors (Lipinski definition) is 3. The quantitative estimate of drug-likeness (QED) is 0.601. The molecule has 0 aromatic heterocycles. The zero-order valence-corrected chi connectivity index (χ0v) is 10.2. The topological polar surface area (TPSA) is 58.6 Å². The van der Waals surface area contributed by atoms with E-state index >= 15 is 0 Å². The summed E-state index contributed by atoms with van der Waals surface area (Å²) >= 11 is 5.06. The van der Waals surface area contributed by atoms with Gasteiger partial charge in [0, 0.05) is 20.1 Å². The molecule has 0 saturated carbocycles. The van der Waals surface area contributed by atoms with Crippen molar-refractivity contribution in [3.8, 4) is 0 Å². The van der Waals surface area contributed by atoms with Gasteiger partial charge in [0.1, 0.15) is 5.60 Å². The van der Waals surface area contributed by atoms with Crippen molar-refractivity contribution in [2.75, 3.05) is 20.1 Å². The van der Waals surface area contributed by atoms with Crippen molar-refractivity contribution in [3.05, 3.63) is 0 Å². The van der Waals surface area contributed by atoms with Gasteiger partial charge in [0.05, 0.1) is 0 Å². The van der Waals surface area contributed by atoms with Gasteiger partial charge in [0.15, 0.2) is 0 Å². The zero-order valence-electron chi connectivity index (χ0n) is 9.46. The van der Waals surface area contributed by atoms with Crippen LogP contribution in [0.3, 0.4) is 0 Å². The Morgan fingerprint density at radius 3 is 2.33 bits per heavy atom. The number of ether oxygens (including phenoxy) is 1. The van der Waals surface area contributed by atoms with Gasteiger partial charge in [-0.05, 0) is 32.4 Å². The fourth-order valence-electron chi connectivity index (χ4n) is 0.753. The van der Waals surface area contributed by atoms with Gasteiger partial charge in [-0.15, -0.1) is 0 Å². The summed E-state index contributed by atoms with van der Waals surface area (Å²) in [5, 5.41) is 1.74. The van der Waals surface area contributed by atoms with Crippen LogP contribution in [0, 0.1) is 0 Å². The standard InChI is InChI=1S/C9H17ClN2O3/c1-9(2,3)15-8(14)12(4)6-5-11-7(10)13/h5-6H2,1-4H3,(H,11,13). The maximum absolute atomic E-state index is 11.4. The van der Waals surface area contributed by atoms with E-state index in [0.29, 0.717) is 13.1 Å². The average Bonchev–Trinajstić information content (AvgIpc) is 1.99. The summed E-state index contributed by atoms with van der Waals surface area (Å²) in [6.45, 7) is 6.03. The zero-order chi connectivity index (χ0) is 12.1. The van der Waals surface area contributed by atoms with E-state index in [-0.39, 0.29) is 0 Å². The van der Waals surface area contributed by atoms with E-state index in [1.54, 1.807) is 27.8 Å². The molecule has 5 nitrogen and oxygen atoms in total. The Labute approximate surface area is 94.7 Å². The fraction of sp³-hybridized carbons (Fsp3) is 0.778. The van der Waals surface area contributed by atoms with Crippen LogP contribution < -0.4 is 5.32 Å². The number of carbonyl (C=O) groups is 2. The van der Waals surface area contributed by atoms with Crippen LogP contribution in [-0.4, -0.2) is 42.1 Å². The van der Waals surface area contributed by atoms with Gasteiger partial charge in [0.2, 0.25) is 0 Å². The first-order valence-corrected chi connectivity index (χ1v) is 4.97. The molecule has 0 spiro atoms. The molecule has 0 atom stereocenters. The Kier molecular flexibility index (Phi) is 5.43. The molecule has 0 aliphatic carbocycles. The third-order valence-electron chi connectivity index (χ3n) is 1.42. The smallest absolute Gasteiger partial charge is 0.410 e. The van der Waals surface area contributed by atoms with E-state index in [9.17, 15) is 9.59 Å². The first-order valence-electron chi connectivity index (χ1n) is 4.60. The normalized spacial score (nSPS) is 10.7. The Morgan fingerprint density at radius 2 is 1.93 bits per heavy atom. The summed E-state index contributed by atoms with van der Waals surface area (Å²) in [6.07, 6.45) is -0.425. The van der Waals surface area contributed by atoms with Crippen LogP contribution in [0.15, 0.2) is 0 Å². The number of amides is 2. The highest BCUT2D eigenvalue weighted by molar-refractivity contribution is 6.62. The maximum Gasteiger partial charge on any atom is 0.410 e. The highest BCUT2D eigenvalue weighted by Crippen LogP contribution is 2.08. The predicted molar refractivity (Wildman–Crippen MR) is 58.1 cm³/mol. The molecule has 2 amide bonds. The second-order valence-electron chi connectivity index (χ2n) is 4.10. The van der Waals surface area contributed by atoms with Crippen LogP contribution in [0.25, 0.3) is 0 Å². The van der Waals surface area contributed by atoms with Gasteiger partial charge in [-0.25, -0.2) is 4.79 Å². The summed E-state index contributed by atoms with van der Waals surface area (Å²) in [6, 6.07) is 0. The molecule has 88 valence electrons. The van der Waals surface area contributed by atoms with E-state index in [2.05, 4.69) is 5.32 Å². The van der Waals surface area contributed by atoms with Crippen LogP contribution in [0.4, 0.5) is 9.59 Å². The number of halogens is 1. The largest absolute Gasteiger partial charge is 0.444 e. The molecule has 0 heterocycles. The Morgan fingerprint density at radius 1 is 1.40 bits per heavy atom. The minimum atomic E-state index is -0.632. The molecular formula is C9H17ClN2O3. The molecule has 1 N–H and O–H groups in total. The van der Waals surface area contributed by atoms with Crippen LogP contribution in [0.1, 0.15) is 20.8 Å². The molecule has 6 heteroatoms. The van der Waals surface area contributed by atoms with Crippen LogP contribution in [-0.2, 0) is 4.74 Å². The SMILES string of the molecule is CN(CCNC(=O)Cl)C(=O)OC(C)(C)C. The van der Waals surface area contributed by atoms with Gasteiger partial charge in [0.25, 0.3) is 0 Å². The predicted octanol–water partition coefficient (Wildman–Crippen LogP) is 1.80. The van der Waals surface area contributed by atoms with Gasteiger partial charge < -0.3 is 15.0 Å². The van der Waals surface area contributed by atoms with Crippen LogP contribution >= 0.6 is 11.6 Å². The van der Waals surface area contributed by atoms with E-state index < -0.39 is 17.1 Å². The first-order chi connectivity index (χ1) is 6.72. The molecular weight excluding hydrogens is 220 g/mol. The number of nitrogens with zero attached hydrogens (tertiary/aromatic N) is 1. The maximum atomic E-state index is 11.4. The van der Waals surface area contributed by atoms with Crippen molar-refractivity contribution in [2.24, 2.45) is 0 Å². The summed E-state index contributed by atoms with van der Waals surface area (Å²) in [5.41, 5.74) is -0.513. The number of carbonyl (C=O) groups excluding carboxylic acids is 2. The van der Waals surface area contributed by atoms with E-state index in [1.165, 1.54) is 4.90 Å². The summed E-state index contributed by atoms with van der Waals surface area (Å²) in [5.74, 6) is 0. The van der Waals surface area contributed by atoms with Gasteiger partial charge >= 0.3 is 11.5 Å². The lowest BCUT2D eigenvalue weighted by Gasteiger charge is -2.24. The molecule has 0 unspecified atom stereocenters. The molecule has 0 bridgehead atoms. The summed E-state index contributed by atoms with van der Waals surface area (Å²) < 4.78 is 5.10. The molecule has 0 aromatic carbocycles. The second kappa shape index (κ2) is 5.80. The van der Waals surface area contributed by atoms with E-state index in [0.717, 1.165) is 0 Å². The summed E-state index contributed by atoms with van der Waals surface area (Å²) in [7, 11) is 1.59. The minimum absolute atomic E-state index is 0.304. The molecule has 0 fully saturated rings. The van der Waals surface area contributed by atoms with Crippen molar-refractivity contribution in [3.63, 3.8) is 0 Å². The monoisotopic (exact) mass is 236 g/mol. The molecule has 0 rings (SSSR count). The van der Waals surface area contributed by atoms with E-state index in [4.69, 9.17) is 16.3 Å². The molecule has 0 aromatic rings. The summed E-state index contributed by atoms with van der Waals surface area (Å²) in [4.78, 5) is 23.1. The fourth-order valence-corrected chi connectivity index (χ4v) is 0.848. The minimum Gasteiger partial charge on any atom is -0.444 e. The second-order valence-corrected chi connectivity index (χ2v) is 4.45. The van der Waals surface area contributed by atoms with Crippen molar-refractivity contribution < 1.29 is 14.3 Å². The van der Waals surface area contributed by atoms with Crippen molar-refractivity contribution in [1.82, 2.24) is 10.2 Å². The number of likely N-dealkylation sites (N-methyl/N-ethyl adjacent to an activating group) is 1. The lowest BCUT2D eigenvalue weighted by Crippen LogP contribution is -2.38. The third-order valence-corrected chi connectivity index (χ3v) is 1.55. The third kappa shape index (κ3) is 8.05. The molecule has 0 aliphatic rings. The highest BCUT2D eigenvalue weighted by Gasteiger charge is 2.19. The Bertz CT molecular complexity index is 238. The lowest BCUT2D eigenvalue weighted by atomic mass is 10.2. The molecule has 0 saturated heterocycles. The van der Waals surface area contributed by atoms with Crippen molar-refractivity contribution in [2.45, 2.75) is 26.4 Å². The van der Waals surface area contributed by atoms with Gasteiger partial charge in [-0.3, -0.25) is 4.79 Å². The number of hydrogen-bond donors (Lipinski definition) is 1. The van der Waals surface area contributed by atoms with E-state index in [1.807, 2.05) is 0 Å². The Hall–Kier alpha value is -0.970. The van der Waals surface area contributed by atoms with Crippen molar-refractivity contribution in [1.29, 1.82) is 0 Å². The van der Waals surface area contributed by atoms with Gasteiger partial charge in [-0.2, -0.15) is 0 Å². The average molecular weight is 237 g/mol. The van der Waals surface area contributed by atoms with Gasteiger partial charge in [-0.1, -0.05) is 0 Å². The van der Waals surface area contributed by atoms with Crippen LogP contribution in [0.2, 0.25) is 0 Å². The molecule has 0 aliphatic heterocycles.